The van der Waals surface area contributed by atoms with Crippen LogP contribution in [0.4, 0.5) is 5.69 Å². The Balaban J connectivity index is 1.83. The van der Waals surface area contributed by atoms with Gasteiger partial charge in [0.25, 0.3) is 0 Å². The van der Waals surface area contributed by atoms with E-state index < -0.39 is 0 Å². The van der Waals surface area contributed by atoms with Crippen molar-refractivity contribution in [1.82, 2.24) is 5.32 Å². The third-order valence-corrected chi connectivity index (χ3v) is 4.04. The largest absolute Gasteiger partial charge is 0.358 e. The topological polar surface area (TPSA) is 24.1 Å². The first-order valence-corrected chi connectivity index (χ1v) is 8.35. The summed E-state index contributed by atoms with van der Waals surface area (Å²) in [5.41, 5.74) is 3.39. The van der Waals surface area contributed by atoms with Gasteiger partial charge in [0.1, 0.15) is 0 Å². The van der Waals surface area contributed by atoms with E-state index in [4.69, 9.17) is 23.8 Å². The van der Waals surface area contributed by atoms with Crippen LogP contribution in [-0.2, 0) is 13.0 Å². The van der Waals surface area contributed by atoms with E-state index in [1.807, 2.05) is 24.3 Å². The van der Waals surface area contributed by atoms with Crippen molar-refractivity contribution in [2.24, 2.45) is 0 Å². The van der Waals surface area contributed by atoms with Crippen LogP contribution in [0.15, 0.2) is 48.5 Å². The Morgan fingerprint density at radius 3 is 2.50 bits per heavy atom. The molecule has 116 valence electrons. The van der Waals surface area contributed by atoms with Crippen molar-refractivity contribution in [1.29, 1.82) is 0 Å². The maximum atomic E-state index is 6.12. The highest BCUT2D eigenvalue weighted by Gasteiger charge is 2.01. The number of rotatable bonds is 6. The Kier molecular flexibility index (Phi) is 6.69. The first-order valence-electron chi connectivity index (χ1n) is 7.56. The highest BCUT2D eigenvalue weighted by Crippen LogP contribution is 2.15. The first kappa shape index (κ1) is 16.8. The van der Waals surface area contributed by atoms with E-state index in [2.05, 4.69) is 41.8 Å². The zero-order valence-corrected chi connectivity index (χ0v) is 14.3. The molecule has 0 saturated heterocycles. The van der Waals surface area contributed by atoms with Crippen molar-refractivity contribution in [2.45, 2.75) is 32.7 Å². The minimum Gasteiger partial charge on any atom is -0.358 e. The number of benzene rings is 2. The summed E-state index contributed by atoms with van der Waals surface area (Å²) in [6.07, 6.45) is 3.58. The summed E-state index contributed by atoms with van der Waals surface area (Å²) >= 11 is 11.4. The summed E-state index contributed by atoms with van der Waals surface area (Å²) in [6.45, 7) is 2.82. The van der Waals surface area contributed by atoms with Gasteiger partial charge in [-0.05, 0) is 54.4 Å². The predicted molar refractivity (Wildman–Crippen MR) is 99.6 cm³/mol. The molecule has 0 aliphatic rings. The number of hydrogen-bond acceptors (Lipinski definition) is 1. The van der Waals surface area contributed by atoms with Crippen LogP contribution in [-0.4, -0.2) is 5.11 Å². The molecule has 2 N–H and O–H groups in total. The number of aryl methyl sites for hydroxylation is 1. The number of halogens is 1. The van der Waals surface area contributed by atoms with Gasteiger partial charge in [0.15, 0.2) is 5.11 Å². The van der Waals surface area contributed by atoms with Crippen LogP contribution < -0.4 is 10.6 Å². The van der Waals surface area contributed by atoms with Crippen molar-refractivity contribution in [3.05, 3.63) is 64.7 Å². The molecule has 0 bridgehead atoms. The monoisotopic (exact) mass is 332 g/mol. The lowest BCUT2D eigenvalue weighted by molar-refractivity contribution is 0.795. The van der Waals surface area contributed by atoms with Crippen molar-refractivity contribution >= 4 is 34.6 Å². The molecule has 0 aliphatic heterocycles. The Labute approximate surface area is 142 Å². The Hall–Kier alpha value is -1.58. The van der Waals surface area contributed by atoms with Crippen molar-refractivity contribution in [2.75, 3.05) is 5.32 Å². The number of nitrogens with one attached hydrogen (secondary N) is 2. The highest BCUT2D eigenvalue weighted by molar-refractivity contribution is 7.80. The molecule has 0 saturated carbocycles. The average Bonchev–Trinajstić information content (AvgIpc) is 2.53. The molecule has 0 amide bonds. The van der Waals surface area contributed by atoms with Gasteiger partial charge in [-0.2, -0.15) is 0 Å². The molecule has 2 nitrogen and oxygen atoms in total. The van der Waals surface area contributed by atoms with Crippen LogP contribution in [0.3, 0.4) is 0 Å². The van der Waals surface area contributed by atoms with Gasteiger partial charge in [-0.1, -0.05) is 55.3 Å². The summed E-state index contributed by atoms with van der Waals surface area (Å²) in [6, 6.07) is 16.2. The van der Waals surface area contributed by atoms with Crippen molar-refractivity contribution in [3.8, 4) is 0 Å². The van der Waals surface area contributed by atoms with Crippen LogP contribution >= 0.6 is 23.8 Å². The Bertz CT molecular complexity index is 611. The van der Waals surface area contributed by atoms with Crippen LogP contribution in [0.1, 0.15) is 30.9 Å². The summed E-state index contributed by atoms with van der Waals surface area (Å²) < 4.78 is 0. The summed E-state index contributed by atoms with van der Waals surface area (Å²) in [4.78, 5) is 0. The lowest BCUT2D eigenvalue weighted by Crippen LogP contribution is -2.27. The molecule has 2 aromatic rings. The molecular weight excluding hydrogens is 312 g/mol. The molecule has 0 fully saturated rings. The van der Waals surface area contributed by atoms with E-state index in [1.165, 1.54) is 18.4 Å². The molecule has 0 heterocycles. The SMILES string of the molecule is CCCCc1ccc(NC(=S)NCc2ccccc2Cl)cc1. The van der Waals surface area contributed by atoms with Crippen LogP contribution in [0.5, 0.6) is 0 Å². The third kappa shape index (κ3) is 5.32. The van der Waals surface area contributed by atoms with E-state index in [1.54, 1.807) is 0 Å². The second-order valence-electron chi connectivity index (χ2n) is 5.20. The second-order valence-corrected chi connectivity index (χ2v) is 6.02. The molecule has 4 heteroatoms. The third-order valence-electron chi connectivity index (χ3n) is 3.43. The smallest absolute Gasteiger partial charge is 0.171 e. The second kappa shape index (κ2) is 8.76. The zero-order chi connectivity index (χ0) is 15.8. The van der Waals surface area contributed by atoms with Crippen LogP contribution in [0, 0.1) is 0 Å². The van der Waals surface area contributed by atoms with Crippen molar-refractivity contribution < 1.29 is 0 Å². The fourth-order valence-corrected chi connectivity index (χ4v) is 2.52. The Morgan fingerprint density at radius 1 is 1.09 bits per heavy atom. The van der Waals surface area contributed by atoms with E-state index in [-0.39, 0.29) is 0 Å². The minimum atomic E-state index is 0.598. The summed E-state index contributed by atoms with van der Waals surface area (Å²) in [5, 5.41) is 7.71. The maximum absolute atomic E-state index is 6.12. The van der Waals surface area contributed by atoms with Crippen molar-refractivity contribution in [3.63, 3.8) is 0 Å². The number of thiocarbonyl (C=S) groups is 1. The Morgan fingerprint density at radius 2 is 1.82 bits per heavy atom. The molecule has 2 rings (SSSR count). The predicted octanol–water partition coefficient (Wildman–Crippen LogP) is 5.17. The molecular formula is C18H21ClN2S. The number of hydrogen-bond donors (Lipinski definition) is 2. The van der Waals surface area contributed by atoms with Gasteiger partial charge in [-0.25, -0.2) is 0 Å². The lowest BCUT2D eigenvalue weighted by atomic mass is 10.1. The standard InChI is InChI=1S/C18H21ClN2S/c1-2-3-6-14-9-11-16(12-10-14)21-18(22)20-13-15-7-4-5-8-17(15)19/h4-5,7-12H,2-3,6,13H2,1H3,(H2,20,21,22). The quantitative estimate of drug-likeness (QED) is 0.714. The first-order chi connectivity index (χ1) is 10.7. The zero-order valence-electron chi connectivity index (χ0n) is 12.7. The molecule has 22 heavy (non-hydrogen) atoms. The average molecular weight is 333 g/mol. The number of anilines is 1. The molecule has 0 radical (unpaired) electrons. The molecule has 0 aromatic heterocycles. The summed E-state index contributed by atoms with van der Waals surface area (Å²) in [5.74, 6) is 0. The summed E-state index contributed by atoms with van der Waals surface area (Å²) in [7, 11) is 0. The molecule has 0 spiro atoms. The van der Waals surface area contributed by atoms with E-state index in [0.29, 0.717) is 11.7 Å². The van der Waals surface area contributed by atoms with Gasteiger partial charge < -0.3 is 10.6 Å². The van der Waals surface area contributed by atoms with E-state index in [9.17, 15) is 0 Å². The highest BCUT2D eigenvalue weighted by atomic mass is 35.5. The fourth-order valence-electron chi connectivity index (χ4n) is 2.13. The number of unbranched alkanes of at least 4 members (excludes halogenated alkanes) is 1. The molecule has 0 aliphatic carbocycles. The van der Waals surface area contributed by atoms with Crippen LogP contribution in [0.25, 0.3) is 0 Å². The molecule has 0 atom stereocenters. The lowest BCUT2D eigenvalue weighted by Gasteiger charge is -2.12. The fraction of sp³-hybridized carbons (Fsp3) is 0.278. The molecule has 2 aromatic carbocycles. The maximum Gasteiger partial charge on any atom is 0.171 e. The van der Waals surface area contributed by atoms with Gasteiger partial charge in [-0.15, -0.1) is 0 Å². The minimum absolute atomic E-state index is 0.598. The normalized spacial score (nSPS) is 10.3. The van der Waals surface area contributed by atoms with Gasteiger partial charge in [0.2, 0.25) is 0 Å². The molecule has 0 unspecified atom stereocenters. The van der Waals surface area contributed by atoms with Gasteiger partial charge in [0.05, 0.1) is 0 Å². The van der Waals surface area contributed by atoms with E-state index in [0.717, 1.165) is 22.7 Å². The van der Waals surface area contributed by atoms with Gasteiger partial charge in [-0.3, -0.25) is 0 Å². The van der Waals surface area contributed by atoms with Crippen LogP contribution in [0.2, 0.25) is 5.02 Å². The van der Waals surface area contributed by atoms with Gasteiger partial charge in [0, 0.05) is 17.3 Å². The van der Waals surface area contributed by atoms with Gasteiger partial charge >= 0.3 is 0 Å². The van der Waals surface area contributed by atoms with E-state index >= 15 is 0 Å².